The molecule has 0 spiro atoms. The number of hydrogen-bond acceptors (Lipinski definition) is 3. The van der Waals surface area contributed by atoms with E-state index in [2.05, 4.69) is 0 Å². The number of aromatic nitrogens is 1. The van der Waals surface area contributed by atoms with Gasteiger partial charge in [-0.1, -0.05) is 23.7 Å². The van der Waals surface area contributed by atoms with E-state index in [0.29, 0.717) is 17.4 Å². The Morgan fingerprint density at radius 1 is 0.938 bits per heavy atom. The van der Waals surface area contributed by atoms with Crippen molar-refractivity contribution >= 4 is 21.4 Å². The maximum atomic E-state index is 13.5. The van der Waals surface area contributed by atoms with E-state index in [9.17, 15) is 12.8 Å². The number of hydrogen-bond donors (Lipinski definition) is 0. The Kier molecular flexibility index (Phi) is 6.09. The Morgan fingerprint density at radius 2 is 1.56 bits per heavy atom. The van der Waals surface area contributed by atoms with Gasteiger partial charge in [0.1, 0.15) is 18.2 Å². The van der Waals surface area contributed by atoms with Gasteiger partial charge in [0.05, 0.1) is 10.6 Å². The zero-order chi connectivity index (χ0) is 22.9. The first-order chi connectivity index (χ1) is 15.2. The molecule has 0 fully saturated rings. The first-order valence-corrected chi connectivity index (χ1v) is 12.2. The van der Waals surface area contributed by atoms with Crippen LogP contribution in [0.15, 0.2) is 83.8 Å². The molecule has 0 bridgehead atoms. The molecule has 1 aromatic heterocycles. The third kappa shape index (κ3) is 4.71. The molecule has 0 amide bonds. The van der Waals surface area contributed by atoms with Crippen molar-refractivity contribution < 1.29 is 17.5 Å². The lowest BCUT2D eigenvalue weighted by Crippen LogP contribution is -2.02. The van der Waals surface area contributed by atoms with E-state index in [-0.39, 0.29) is 10.7 Å². The van der Waals surface area contributed by atoms with E-state index in [0.717, 1.165) is 28.2 Å². The van der Waals surface area contributed by atoms with Crippen molar-refractivity contribution in [1.29, 1.82) is 0 Å². The summed E-state index contributed by atoms with van der Waals surface area (Å²) in [6, 6.07) is 22.1. The lowest BCUT2D eigenvalue weighted by atomic mass is 10.1. The third-order valence-corrected chi connectivity index (χ3v) is 6.60. The Labute approximate surface area is 191 Å². The van der Waals surface area contributed by atoms with Gasteiger partial charge >= 0.3 is 0 Å². The molecular weight excluding hydrogens is 449 g/mol. The molecule has 0 aliphatic heterocycles. The molecule has 0 atom stereocenters. The van der Waals surface area contributed by atoms with Crippen molar-refractivity contribution in [3.63, 3.8) is 0 Å². The van der Waals surface area contributed by atoms with E-state index in [1.165, 1.54) is 18.4 Å². The highest BCUT2D eigenvalue weighted by molar-refractivity contribution is 7.90. The fourth-order valence-electron chi connectivity index (χ4n) is 3.50. The van der Waals surface area contributed by atoms with Crippen LogP contribution in [0.3, 0.4) is 0 Å². The lowest BCUT2D eigenvalue weighted by Gasteiger charge is -2.13. The average Bonchev–Trinajstić information content (AvgIpc) is 3.10. The van der Waals surface area contributed by atoms with Gasteiger partial charge in [-0.25, -0.2) is 12.8 Å². The molecule has 0 aliphatic rings. The number of benzene rings is 3. The van der Waals surface area contributed by atoms with Crippen LogP contribution in [-0.4, -0.2) is 19.2 Å². The number of halogens is 2. The van der Waals surface area contributed by atoms with Crippen LogP contribution in [0.2, 0.25) is 5.02 Å². The maximum absolute atomic E-state index is 13.5. The van der Waals surface area contributed by atoms with Gasteiger partial charge in [-0.15, -0.1) is 0 Å². The van der Waals surface area contributed by atoms with Gasteiger partial charge in [0.2, 0.25) is 0 Å². The average molecular weight is 470 g/mol. The minimum atomic E-state index is -3.29. The lowest BCUT2D eigenvalue weighted by molar-refractivity contribution is 0.305. The smallest absolute Gasteiger partial charge is 0.175 e. The van der Waals surface area contributed by atoms with Crippen molar-refractivity contribution in [2.24, 2.45) is 0 Å². The van der Waals surface area contributed by atoms with Crippen molar-refractivity contribution in [2.75, 3.05) is 6.26 Å². The monoisotopic (exact) mass is 469 g/mol. The van der Waals surface area contributed by atoms with Gasteiger partial charge in [-0.05, 0) is 79.2 Å². The van der Waals surface area contributed by atoms with Crippen LogP contribution >= 0.6 is 11.6 Å². The summed E-state index contributed by atoms with van der Waals surface area (Å²) in [7, 11) is -3.29. The molecule has 32 heavy (non-hydrogen) atoms. The minimum Gasteiger partial charge on any atom is -0.489 e. The second-order valence-corrected chi connectivity index (χ2v) is 9.94. The van der Waals surface area contributed by atoms with Crippen molar-refractivity contribution in [3.8, 4) is 22.7 Å². The summed E-state index contributed by atoms with van der Waals surface area (Å²) in [5, 5.41) is 0.635. The first-order valence-electron chi connectivity index (χ1n) is 9.88. The molecule has 0 unspecified atom stereocenters. The van der Waals surface area contributed by atoms with Gasteiger partial charge in [0, 0.05) is 28.2 Å². The van der Waals surface area contributed by atoms with Crippen molar-refractivity contribution in [2.45, 2.75) is 18.4 Å². The Morgan fingerprint density at radius 3 is 2.16 bits per heavy atom. The summed E-state index contributed by atoms with van der Waals surface area (Å²) in [6.07, 6.45) is 1.18. The fraction of sp³-hybridized carbons (Fsp3) is 0.120. The molecule has 7 heteroatoms. The Balaban J connectivity index is 1.76. The third-order valence-electron chi connectivity index (χ3n) is 5.22. The van der Waals surface area contributed by atoms with E-state index in [4.69, 9.17) is 16.3 Å². The molecule has 0 aliphatic carbocycles. The Bertz CT molecular complexity index is 1340. The van der Waals surface area contributed by atoms with Gasteiger partial charge in [-0.2, -0.15) is 0 Å². The molecule has 4 nitrogen and oxygen atoms in total. The summed E-state index contributed by atoms with van der Waals surface area (Å²) < 4.78 is 45.1. The molecule has 0 N–H and O–H groups in total. The van der Waals surface area contributed by atoms with Crippen LogP contribution < -0.4 is 4.74 Å². The zero-order valence-electron chi connectivity index (χ0n) is 17.5. The van der Waals surface area contributed by atoms with Crippen molar-refractivity contribution in [1.82, 2.24) is 4.57 Å². The van der Waals surface area contributed by atoms with Gasteiger partial charge in [0.15, 0.2) is 9.84 Å². The van der Waals surface area contributed by atoms with Crippen LogP contribution in [0, 0.1) is 12.7 Å². The predicted molar refractivity (Wildman–Crippen MR) is 125 cm³/mol. The highest BCUT2D eigenvalue weighted by Crippen LogP contribution is 2.31. The molecular formula is C25H21ClFNO3S. The molecule has 4 rings (SSSR count). The number of sulfone groups is 1. The number of rotatable bonds is 6. The van der Waals surface area contributed by atoms with Crippen LogP contribution in [0.25, 0.3) is 16.9 Å². The summed E-state index contributed by atoms with van der Waals surface area (Å²) in [4.78, 5) is 0.254. The fourth-order valence-corrected chi connectivity index (χ4v) is 4.26. The number of ether oxygens (including phenoxy) is 1. The second-order valence-electron chi connectivity index (χ2n) is 7.49. The predicted octanol–water partition coefficient (Wildman–Crippen LogP) is 6.23. The topological polar surface area (TPSA) is 48.3 Å². The molecule has 0 saturated carbocycles. The summed E-state index contributed by atoms with van der Waals surface area (Å²) >= 11 is 5.94. The largest absolute Gasteiger partial charge is 0.489 e. The van der Waals surface area contributed by atoms with E-state index >= 15 is 0 Å². The second kappa shape index (κ2) is 8.81. The van der Waals surface area contributed by atoms with Crippen molar-refractivity contribution in [3.05, 3.63) is 101 Å². The Hall–Kier alpha value is -3.09. The van der Waals surface area contributed by atoms with E-state index < -0.39 is 9.84 Å². The maximum Gasteiger partial charge on any atom is 0.175 e. The summed E-state index contributed by atoms with van der Waals surface area (Å²) in [5.74, 6) is 0.381. The minimum absolute atomic E-state index is 0.254. The van der Waals surface area contributed by atoms with Gasteiger partial charge in [-0.3, -0.25) is 0 Å². The molecule has 4 aromatic rings. The molecule has 1 heterocycles. The van der Waals surface area contributed by atoms with Crippen LogP contribution in [0.4, 0.5) is 4.39 Å². The normalized spacial score (nSPS) is 11.5. The highest BCUT2D eigenvalue weighted by Gasteiger charge is 2.17. The SMILES string of the molecule is Cc1c(COc2ccc(Cl)cc2)cc(-c2ccc(S(C)(=O)=O)cc2)n1-c1ccc(F)cc1. The molecule has 164 valence electrons. The van der Waals surface area contributed by atoms with E-state index in [1.54, 1.807) is 60.7 Å². The number of nitrogens with zero attached hydrogens (tertiary/aromatic N) is 1. The van der Waals surface area contributed by atoms with Gasteiger partial charge < -0.3 is 9.30 Å². The highest BCUT2D eigenvalue weighted by atomic mass is 35.5. The molecule has 0 radical (unpaired) electrons. The summed E-state index contributed by atoms with van der Waals surface area (Å²) in [6.45, 7) is 2.30. The molecule has 0 saturated heterocycles. The van der Waals surface area contributed by atoms with Crippen LogP contribution in [0.5, 0.6) is 5.75 Å². The van der Waals surface area contributed by atoms with E-state index in [1.807, 2.05) is 17.6 Å². The zero-order valence-corrected chi connectivity index (χ0v) is 19.1. The van der Waals surface area contributed by atoms with Crippen LogP contribution in [-0.2, 0) is 16.4 Å². The first kappa shape index (κ1) is 22.1. The summed E-state index contributed by atoms with van der Waals surface area (Å²) in [5.41, 5.74) is 4.37. The quantitative estimate of drug-likeness (QED) is 0.336. The van der Waals surface area contributed by atoms with Crippen LogP contribution in [0.1, 0.15) is 11.3 Å². The standard InChI is InChI=1S/C25H21ClFNO3S/c1-17-19(16-31-23-11-5-20(26)6-12-23)15-25(28(17)22-9-7-21(27)8-10-22)18-3-13-24(14-4-18)32(2,29)30/h3-15H,16H2,1-2H3. The molecule has 3 aromatic carbocycles. The van der Waals surface area contributed by atoms with Gasteiger partial charge in [0.25, 0.3) is 0 Å².